The number of amides is 1. The number of sulfonamides is 1. The lowest BCUT2D eigenvalue weighted by Gasteiger charge is -2.19. The van der Waals surface area contributed by atoms with E-state index in [1.807, 2.05) is 13.8 Å². The Morgan fingerprint density at radius 1 is 1.24 bits per heavy atom. The van der Waals surface area contributed by atoms with Gasteiger partial charge in [0.2, 0.25) is 15.9 Å². The molecule has 1 amide bonds. The van der Waals surface area contributed by atoms with Gasteiger partial charge in [-0.3, -0.25) is 4.79 Å². The molecule has 0 spiro atoms. The highest BCUT2D eigenvalue weighted by Gasteiger charge is 2.20. The third kappa shape index (κ3) is 4.18. The lowest BCUT2D eigenvalue weighted by Crippen LogP contribution is -2.40. The minimum Gasteiger partial charge on any atom is -0.399 e. The largest absolute Gasteiger partial charge is 0.399 e. The van der Waals surface area contributed by atoms with E-state index in [4.69, 9.17) is 5.73 Å². The number of rotatable bonds is 6. The molecule has 0 saturated heterocycles. The van der Waals surface area contributed by atoms with Gasteiger partial charge < -0.3 is 10.6 Å². The monoisotopic (exact) mass is 313 g/mol. The Labute approximate surface area is 126 Å². The Balaban J connectivity index is 2.96. The Morgan fingerprint density at radius 2 is 1.81 bits per heavy atom. The van der Waals surface area contributed by atoms with Crippen LogP contribution >= 0.6 is 0 Å². The molecule has 3 N–H and O–H groups in total. The molecule has 118 valence electrons. The van der Waals surface area contributed by atoms with Crippen molar-refractivity contribution in [1.29, 1.82) is 0 Å². The van der Waals surface area contributed by atoms with Crippen molar-refractivity contribution in [1.82, 2.24) is 9.62 Å². The maximum atomic E-state index is 12.3. The fourth-order valence-electron chi connectivity index (χ4n) is 2.06. The summed E-state index contributed by atoms with van der Waals surface area (Å²) in [4.78, 5) is 13.6. The van der Waals surface area contributed by atoms with Gasteiger partial charge in [-0.1, -0.05) is 0 Å². The van der Waals surface area contributed by atoms with Crippen LogP contribution in [0.2, 0.25) is 0 Å². The van der Waals surface area contributed by atoms with Crippen LogP contribution in [0.3, 0.4) is 0 Å². The molecule has 0 fully saturated rings. The molecule has 0 atom stereocenters. The van der Waals surface area contributed by atoms with Crippen LogP contribution in [0.15, 0.2) is 17.0 Å². The smallest absolute Gasteiger partial charge is 0.241 e. The predicted octanol–water partition coefficient (Wildman–Crippen LogP) is 1.03. The van der Waals surface area contributed by atoms with E-state index in [1.54, 1.807) is 24.8 Å². The minimum absolute atomic E-state index is 0.118. The second-order valence-corrected chi connectivity index (χ2v) is 6.59. The zero-order valence-electron chi connectivity index (χ0n) is 12.9. The summed E-state index contributed by atoms with van der Waals surface area (Å²) in [5.41, 5.74) is 7.52. The van der Waals surface area contributed by atoms with Gasteiger partial charge in [-0.25, -0.2) is 13.1 Å². The molecule has 0 radical (unpaired) electrons. The minimum atomic E-state index is -3.76. The van der Waals surface area contributed by atoms with Crippen LogP contribution in [0.5, 0.6) is 0 Å². The number of anilines is 1. The molecule has 0 heterocycles. The Morgan fingerprint density at radius 3 is 2.33 bits per heavy atom. The zero-order valence-corrected chi connectivity index (χ0v) is 13.8. The first kappa shape index (κ1) is 17.5. The molecule has 0 bridgehead atoms. The van der Waals surface area contributed by atoms with Crippen LogP contribution in [0.25, 0.3) is 0 Å². The quantitative estimate of drug-likeness (QED) is 0.767. The summed E-state index contributed by atoms with van der Waals surface area (Å²) in [7, 11) is -3.76. The van der Waals surface area contributed by atoms with Crippen LogP contribution in [-0.2, 0) is 14.8 Å². The van der Waals surface area contributed by atoms with Crippen molar-refractivity contribution in [3.05, 3.63) is 23.3 Å². The summed E-state index contributed by atoms with van der Waals surface area (Å²) in [6, 6.07) is 3.13. The highest BCUT2D eigenvalue weighted by Crippen LogP contribution is 2.22. The van der Waals surface area contributed by atoms with Gasteiger partial charge in [-0.2, -0.15) is 0 Å². The Kier molecular flexibility index (Phi) is 5.74. The first-order chi connectivity index (χ1) is 9.72. The van der Waals surface area contributed by atoms with Gasteiger partial charge in [0.05, 0.1) is 11.4 Å². The first-order valence-electron chi connectivity index (χ1n) is 6.87. The number of aryl methyl sites for hydroxylation is 1. The molecule has 7 heteroatoms. The van der Waals surface area contributed by atoms with E-state index >= 15 is 0 Å². The molecular formula is C14H23N3O3S. The molecule has 0 unspecified atom stereocenters. The number of carbonyl (C=O) groups is 1. The summed E-state index contributed by atoms with van der Waals surface area (Å²) in [6.45, 7) is 8.06. The van der Waals surface area contributed by atoms with Crippen molar-refractivity contribution in [2.45, 2.75) is 32.6 Å². The maximum absolute atomic E-state index is 12.3. The molecule has 1 aromatic carbocycles. The number of nitrogen functional groups attached to an aromatic ring is 1. The van der Waals surface area contributed by atoms with Crippen molar-refractivity contribution in [3.63, 3.8) is 0 Å². The number of hydrogen-bond donors (Lipinski definition) is 2. The van der Waals surface area contributed by atoms with E-state index in [1.165, 1.54) is 6.07 Å². The molecular weight excluding hydrogens is 290 g/mol. The zero-order chi connectivity index (χ0) is 16.2. The fraction of sp³-hybridized carbons (Fsp3) is 0.500. The molecule has 1 aromatic rings. The van der Waals surface area contributed by atoms with Crippen molar-refractivity contribution >= 4 is 21.6 Å². The van der Waals surface area contributed by atoms with Gasteiger partial charge in [0, 0.05) is 18.8 Å². The normalized spacial score (nSPS) is 11.4. The van der Waals surface area contributed by atoms with Gasteiger partial charge in [0.1, 0.15) is 0 Å². The van der Waals surface area contributed by atoms with E-state index in [-0.39, 0.29) is 17.3 Å². The molecule has 21 heavy (non-hydrogen) atoms. The van der Waals surface area contributed by atoms with Crippen molar-refractivity contribution in [2.75, 3.05) is 25.4 Å². The van der Waals surface area contributed by atoms with Gasteiger partial charge in [0.15, 0.2) is 0 Å². The molecule has 0 saturated carbocycles. The van der Waals surface area contributed by atoms with Crippen LogP contribution in [0.1, 0.15) is 25.0 Å². The maximum Gasteiger partial charge on any atom is 0.241 e. The van der Waals surface area contributed by atoms with Gasteiger partial charge in [0.25, 0.3) is 0 Å². The lowest BCUT2D eigenvalue weighted by molar-refractivity contribution is -0.129. The second-order valence-electron chi connectivity index (χ2n) is 4.85. The third-order valence-electron chi connectivity index (χ3n) is 3.46. The summed E-state index contributed by atoms with van der Waals surface area (Å²) in [5, 5.41) is 0. The number of nitrogens with one attached hydrogen (secondary N) is 1. The number of nitrogens with two attached hydrogens (primary N) is 1. The van der Waals surface area contributed by atoms with Crippen molar-refractivity contribution in [2.24, 2.45) is 0 Å². The first-order valence-corrected chi connectivity index (χ1v) is 8.35. The van der Waals surface area contributed by atoms with Crippen molar-refractivity contribution < 1.29 is 13.2 Å². The van der Waals surface area contributed by atoms with E-state index in [9.17, 15) is 13.2 Å². The lowest BCUT2D eigenvalue weighted by atomic mass is 10.1. The predicted molar refractivity (Wildman–Crippen MR) is 83.4 cm³/mol. The third-order valence-corrected chi connectivity index (χ3v) is 4.99. The number of hydrogen-bond acceptors (Lipinski definition) is 4. The average Bonchev–Trinajstić information content (AvgIpc) is 2.42. The number of carbonyl (C=O) groups excluding carboxylic acids is 1. The van der Waals surface area contributed by atoms with Crippen molar-refractivity contribution in [3.8, 4) is 0 Å². The van der Waals surface area contributed by atoms with Gasteiger partial charge in [-0.15, -0.1) is 0 Å². The number of likely N-dealkylation sites (N-methyl/N-ethyl adjacent to an activating group) is 1. The molecule has 0 aliphatic carbocycles. The molecule has 0 aromatic heterocycles. The highest BCUT2D eigenvalue weighted by molar-refractivity contribution is 7.89. The van der Waals surface area contributed by atoms with Gasteiger partial charge in [-0.05, 0) is 51.0 Å². The van der Waals surface area contributed by atoms with E-state index in [0.717, 1.165) is 5.56 Å². The molecule has 1 rings (SSSR count). The molecule has 0 aliphatic heterocycles. The number of nitrogens with zero attached hydrogens (tertiary/aromatic N) is 1. The number of benzene rings is 1. The van der Waals surface area contributed by atoms with E-state index in [2.05, 4.69) is 4.72 Å². The second kappa shape index (κ2) is 6.91. The summed E-state index contributed by atoms with van der Waals surface area (Å²) >= 11 is 0. The topological polar surface area (TPSA) is 92.5 Å². The standard InChI is InChI=1S/C14H23N3O3S/c1-5-17(6-2)14(18)9-16-21(19,20)13-8-12(15)7-10(3)11(13)4/h7-8,16H,5-6,9,15H2,1-4H3. The van der Waals surface area contributed by atoms with Crippen LogP contribution in [0, 0.1) is 13.8 Å². The Bertz CT molecular complexity index is 623. The van der Waals surface area contributed by atoms with Crippen LogP contribution in [0.4, 0.5) is 5.69 Å². The van der Waals surface area contributed by atoms with Crippen LogP contribution in [-0.4, -0.2) is 38.9 Å². The van der Waals surface area contributed by atoms with Crippen LogP contribution < -0.4 is 10.5 Å². The molecule has 0 aliphatic rings. The molecule has 6 nitrogen and oxygen atoms in total. The highest BCUT2D eigenvalue weighted by atomic mass is 32.2. The average molecular weight is 313 g/mol. The van der Waals surface area contributed by atoms with Gasteiger partial charge >= 0.3 is 0 Å². The summed E-state index contributed by atoms with van der Waals surface area (Å²) < 4.78 is 27.0. The Hall–Kier alpha value is -1.60. The summed E-state index contributed by atoms with van der Waals surface area (Å²) in [5.74, 6) is -0.248. The van der Waals surface area contributed by atoms with E-state index < -0.39 is 10.0 Å². The van der Waals surface area contributed by atoms with E-state index in [0.29, 0.717) is 24.3 Å². The SMILES string of the molecule is CCN(CC)C(=O)CNS(=O)(=O)c1cc(N)cc(C)c1C. The fourth-order valence-corrected chi connectivity index (χ4v) is 3.38. The summed E-state index contributed by atoms with van der Waals surface area (Å²) in [6.07, 6.45) is 0.